The van der Waals surface area contributed by atoms with E-state index in [-0.39, 0.29) is 0 Å². The molecule has 0 unspecified atom stereocenters. The monoisotopic (exact) mass is 321 g/mol. The molecular formula is C20H23N3O. The van der Waals surface area contributed by atoms with E-state index >= 15 is 0 Å². The third-order valence-corrected chi connectivity index (χ3v) is 3.68. The maximum absolute atomic E-state index is 11.4. The van der Waals surface area contributed by atoms with E-state index in [1.165, 1.54) is 5.56 Å². The van der Waals surface area contributed by atoms with Gasteiger partial charge in [0.25, 0.3) is 0 Å². The highest BCUT2D eigenvalue weighted by atomic mass is 16.1. The zero-order chi connectivity index (χ0) is 17.0. The molecule has 24 heavy (non-hydrogen) atoms. The van der Waals surface area contributed by atoms with Crippen molar-refractivity contribution in [2.24, 2.45) is 4.99 Å². The summed E-state index contributed by atoms with van der Waals surface area (Å²) < 4.78 is 0. The minimum absolute atomic E-state index is 0.677. The molecule has 0 radical (unpaired) electrons. The summed E-state index contributed by atoms with van der Waals surface area (Å²) in [7, 11) is 0. The van der Waals surface area contributed by atoms with Crippen LogP contribution in [0, 0.1) is 0 Å². The number of benzene rings is 2. The average molecular weight is 321 g/mol. The van der Waals surface area contributed by atoms with E-state index in [4.69, 9.17) is 0 Å². The summed E-state index contributed by atoms with van der Waals surface area (Å²) in [6.07, 6.45) is 6.14. The van der Waals surface area contributed by atoms with Gasteiger partial charge in [-0.15, -0.1) is 0 Å². The largest absolute Gasteiger partial charge is 0.386 e. The third-order valence-electron chi connectivity index (χ3n) is 3.68. The van der Waals surface area contributed by atoms with Crippen LogP contribution in [-0.2, 0) is 17.8 Å². The van der Waals surface area contributed by atoms with Gasteiger partial charge in [0.05, 0.1) is 0 Å². The molecule has 4 heteroatoms. The van der Waals surface area contributed by atoms with E-state index in [9.17, 15) is 4.79 Å². The summed E-state index contributed by atoms with van der Waals surface area (Å²) in [5.74, 6) is 0. The number of carbonyl (C=O) groups is 1. The number of nitrogens with zero attached hydrogens (tertiary/aromatic N) is 2. The molecule has 0 aliphatic rings. The normalized spacial score (nSPS) is 10.5. The first-order valence-electron chi connectivity index (χ1n) is 8.02. The van der Waals surface area contributed by atoms with Crippen molar-refractivity contribution in [3.05, 3.63) is 78.1 Å². The molecular weight excluding hydrogens is 298 g/mol. The van der Waals surface area contributed by atoms with Gasteiger partial charge in [-0.3, -0.25) is 9.79 Å². The predicted molar refractivity (Wildman–Crippen MR) is 100 cm³/mol. The van der Waals surface area contributed by atoms with Crippen LogP contribution in [-0.4, -0.2) is 19.7 Å². The Bertz CT molecular complexity index is 668. The second-order valence-electron chi connectivity index (χ2n) is 5.44. The van der Waals surface area contributed by atoms with Crippen LogP contribution in [0.15, 0.2) is 72.0 Å². The Kier molecular flexibility index (Phi) is 7.28. The highest BCUT2D eigenvalue weighted by Gasteiger charge is 2.06. The lowest BCUT2D eigenvalue weighted by Gasteiger charge is -2.18. The minimum Gasteiger partial charge on any atom is -0.386 e. The Hall–Kier alpha value is -2.88. The van der Waals surface area contributed by atoms with E-state index in [1.807, 2.05) is 42.5 Å². The fourth-order valence-electron chi connectivity index (χ4n) is 2.47. The fraction of sp³-hybridized carbons (Fsp3) is 0.200. The number of rotatable bonds is 10. The van der Waals surface area contributed by atoms with Gasteiger partial charge in [0.1, 0.15) is 0 Å². The Morgan fingerprint density at radius 3 is 2.62 bits per heavy atom. The first-order valence-corrected chi connectivity index (χ1v) is 8.02. The molecule has 1 N–H and O–H groups in total. The Labute approximate surface area is 143 Å². The standard InChI is InChI=1S/C20H23N3O/c1-21-12-13-22-16-19-9-5-11-20(15-19)23(17-24)14-6-10-18-7-3-2-4-8-18/h2-5,7-9,11-13,15,17,22H,1,6,10,14,16H2/b13-12-. The molecule has 0 atom stereocenters. The molecule has 2 aromatic carbocycles. The van der Waals surface area contributed by atoms with Crippen molar-refractivity contribution in [1.82, 2.24) is 5.32 Å². The van der Waals surface area contributed by atoms with Gasteiger partial charge in [-0.2, -0.15) is 0 Å². The van der Waals surface area contributed by atoms with Crippen LogP contribution in [0.5, 0.6) is 0 Å². The van der Waals surface area contributed by atoms with E-state index < -0.39 is 0 Å². The molecule has 0 saturated carbocycles. The van der Waals surface area contributed by atoms with E-state index in [0.29, 0.717) is 13.1 Å². The number of hydrogen-bond donors (Lipinski definition) is 1. The lowest BCUT2D eigenvalue weighted by Crippen LogP contribution is -2.23. The van der Waals surface area contributed by atoms with Crippen molar-refractivity contribution in [2.45, 2.75) is 19.4 Å². The minimum atomic E-state index is 0.677. The molecule has 0 heterocycles. The number of anilines is 1. The summed E-state index contributed by atoms with van der Waals surface area (Å²) in [5, 5.41) is 3.13. The highest BCUT2D eigenvalue weighted by Crippen LogP contribution is 2.16. The molecule has 124 valence electrons. The van der Waals surface area contributed by atoms with Crippen LogP contribution < -0.4 is 10.2 Å². The third kappa shape index (κ3) is 5.72. The van der Waals surface area contributed by atoms with Gasteiger partial charge in [0.15, 0.2) is 0 Å². The SMILES string of the molecule is C=N/C=C\NCc1cccc(N(C=O)CCCc2ccccc2)c1. The lowest BCUT2D eigenvalue weighted by atomic mass is 10.1. The second kappa shape index (κ2) is 10.0. The lowest BCUT2D eigenvalue weighted by molar-refractivity contribution is -0.107. The predicted octanol–water partition coefficient (Wildman–Crippen LogP) is 3.54. The van der Waals surface area contributed by atoms with Crippen LogP contribution in [0.4, 0.5) is 5.69 Å². The Balaban J connectivity index is 1.90. The van der Waals surface area contributed by atoms with Crippen LogP contribution >= 0.6 is 0 Å². The Morgan fingerprint density at radius 2 is 1.88 bits per heavy atom. The topological polar surface area (TPSA) is 44.7 Å². The smallest absolute Gasteiger partial charge is 0.214 e. The number of aryl methyl sites for hydroxylation is 1. The molecule has 0 aliphatic carbocycles. The molecule has 1 amide bonds. The molecule has 0 bridgehead atoms. The quantitative estimate of drug-likeness (QED) is 0.537. The molecule has 0 aromatic heterocycles. The number of hydrogen-bond acceptors (Lipinski definition) is 3. The summed E-state index contributed by atoms with van der Waals surface area (Å²) >= 11 is 0. The van der Waals surface area contributed by atoms with Gasteiger partial charge in [0, 0.05) is 31.2 Å². The average Bonchev–Trinajstić information content (AvgIpc) is 2.63. The van der Waals surface area contributed by atoms with Crippen LogP contribution in [0.1, 0.15) is 17.5 Å². The van der Waals surface area contributed by atoms with Gasteiger partial charge >= 0.3 is 0 Å². The summed E-state index contributed by atoms with van der Waals surface area (Å²) in [4.78, 5) is 16.8. The van der Waals surface area contributed by atoms with Crippen molar-refractivity contribution in [3.8, 4) is 0 Å². The second-order valence-corrected chi connectivity index (χ2v) is 5.44. The van der Waals surface area contributed by atoms with Crippen molar-refractivity contribution in [1.29, 1.82) is 0 Å². The maximum atomic E-state index is 11.4. The molecule has 0 saturated heterocycles. The van der Waals surface area contributed by atoms with Crippen molar-refractivity contribution in [3.63, 3.8) is 0 Å². The van der Waals surface area contributed by atoms with Gasteiger partial charge in [0.2, 0.25) is 6.41 Å². The van der Waals surface area contributed by atoms with Crippen molar-refractivity contribution in [2.75, 3.05) is 11.4 Å². The van der Waals surface area contributed by atoms with Crippen LogP contribution in [0.3, 0.4) is 0 Å². The van der Waals surface area contributed by atoms with Crippen molar-refractivity contribution < 1.29 is 4.79 Å². The fourth-order valence-corrected chi connectivity index (χ4v) is 2.47. The molecule has 2 aromatic rings. The molecule has 2 rings (SSSR count). The van der Waals surface area contributed by atoms with Crippen LogP contribution in [0.2, 0.25) is 0 Å². The molecule has 0 fully saturated rings. The van der Waals surface area contributed by atoms with E-state index in [2.05, 4.69) is 29.2 Å². The Morgan fingerprint density at radius 1 is 1.08 bits per heavy atom. The number of carbonyl (C=O) groups excluding carboxylic acids is 1. The van der Waals surface area contributed by atoms with Gasteiger partial charge < -0.3 is 10.2 Å². The summed E-state index contributed by atoms with van der Waals surface area (Å²) in [6.45, 7) is 4.76. The van der Waals surface area contributed by atoms with Gasteiger partial charge in [-0.05, 0) is 42.8 Å². The summed E-state index contributed by atoms with van der Waals surface area (Å²) in [6, 6.07) is 18.3. The summed E-state index contributed by atoms with van der Waals surface area (Å²) in [5.41, 5.74) is 3.32. The first-order chi connectivity index (χ1) is 11.8. The van der Waals surface area contributed by atoms with E-state index in [0.717, 1.165) is 30.5 Å². The molecule has 0 aliphatic heterocycles. The molecule has 0 spiro atoms. The zero-order valence-corrected chi connectivity index (χ0v) is 13.8. The van der Waals surface area contributed by atoms with E-state index in [1.54, 1.807) is 17.3 Å². The van der Waals surface area contributed by atoms with Crippen LogP contribution in [0.25, 0.3) is 0 Å². The van der Waals surface area contributed by atoms with Gasteiger partial charge in [-0.1, -0.05) is 42.5 Å². The number of nitrogens with one attached hydrogen (secondary N) is 1. The first kappa shape index (κ1) is 17.5. The number of amides is 1. The van der Waals surface area contributed by atoms with Crippen molar-refractivity contribution >= 4 is 18.8 Å². The maximum Gasteiger partial charge on any atom is 0.214 e. The number of aliphatic imine (C=N–C) groups is 1. The molecule has 4 nitrogen and oxygen atoms in total. The zero-order valence-electron chi connectivity index (χ0n) is 13.8. The van der Waals surface area contributed by atoms with Gasteiger partial charge in [-0.25, -0.2) is 0 Å². The highest BCUT2D eigenvalue weighted by molar-refractivity contribution is 5.75.